The van der Waals surface area contributed by atoms with E-state index in [1.54, 1.807) is 0 Å². The normalized spacial score (nSPS) is 10.5. The smallest absolute Gasteiger partial charge is 0.0216 e. The minimum Gasteiger partial charge on any atom is -0.320 e. The van der Waals surface area contributed by atoms with Gasteiger partial charge in [-0.05, 0) is 44.4 Å². The summed E-state index contributed by atoms with van der Waals surface area (Å²) in [6.07, 6.45) is 3.30. The van der Waals surface area contributed by atoms with Crippen molar-refractivity contribution in [2.24, 2.45) is 0 Å². The van der Waals surface area contributed by atoms with Crippen LogP contribution in [-0.4, -0.2) is 26.4 Å². The zero-order valence-electron chi connectivity index (χ0n) is 9.55. The molecular weight excluding hydrogens is 204 g/mol. The Morgan fingerprint density at radius 1 is 1.20 bits per heavy atom. The van der Waals surface area contributed by atoms with Gasteiger partial charge in [0.25, 0.3) is 0 Å². The van der Waals surface area contributed by atoms with Crippen LogP contribution in [0.3, 0.4) is 0 Å². The van der Waals surface area contributed by atoms with Crippen LogP contribution < -0.4 is 10.6 Å². The van der Waals surface area contributed by atoms with Crippen LogP contribution in [0.2, 0.25) is 0 Å². The van der Waals surface area contributed by atoms with Crippen LogP contribution in [0.5, 0.6) is 0 Å². The van der Waals surface area contributed by atoms with E-state index in [1.165, 1.54) is 16.9 Å². The molecule has 15 heavy (non-hydrogen) atoms. The number of thioether (sulfide) groups is 1. The molecule has 0 aliphatic heterocycles. The molecule has 0 saturated carbocycles. The molecule has 0 spiro atoms. The lowest BCUT2D eigenvalue weighted by Gasteiger charge is -2.08. The van der Waals surface area contributed by atoms with Gasteiger partial charge in [0.15, 0.2) is 0 Å². The van der Waals surface area contributed by atoms with Crippen LogP contribution in [0, 0.1) is 0 Å². The number of benzene rings is 1. The van der Waals surface area contributed by atoms with Crippen LogP contribution in [0.4, 0.5) is 0 Å². The van der Waals surface area contributed by atoms with Gasteiger partial charge in [0, 0.05) is 11.4 Å². The zero-order chi connectivity index (χ0) is 10.9. The molecule has 0 aromatic heterocycles. The van der Waals surface area contributed by atoms with Crippen molar-refractivity contribution in [2.75, 3.05) is 26.4 Å². The Balaban J connectivity index is 2.30. The molecule has 1 aromatic rings. The molecule has 0 aliphatic carbocycles. The topological polar surface area (TPSA) is 24.1 Å². The quantitative estimate of drug-likeness (QED) is 0.548. The molecule has 0 atom stereocenters. The highest BCUT2D eigenvalue weighted by molar-refractivity contribution is 7.98. The van der Waals surface area contributed by atoms with Crippen LogP contribution in [0.15, 0.2) is 29.2 Å². The summed E-state index contributed by atoms with van der Waals surface area (Å²) >= 11 is 1.81. The van der Waals surface area contributed by atoms with Crippen LogP contribution in [0.1, 0.15) is 12.0 Å². The molecule has 1 rings (SSSR count). The van der Waals surface area contributed by atoms with Crippen molar-refractivity contribution in [3.05, 3.63) is 29.8 Å². The fourth-order valence-corrected chi connectivity index (χ4v) is 2.08. The molecule has 2 nitrogen and oxygen atoms in total. The molecule has 0 bridgehead atoms. The summed E-state index contributed by atoms with van der Waals surface area (Å²) in [6, 6.07) is 8.56. The first kappa shape index (κ1) is 12.6. The maximum Gasteiger partial charge on any atom is 0.0216 e. The molecule has 3 heteroatoms. The first-order chi connectivity index (χ1) is 7.38. The Hall–Kier alpha value is -0.510. The van der Waals surface area contributed by atoms with Gasteiger partial charge >= 0.3 is 0 Å². The largest absolute Gasteiger partial charge is 0.320 e. The van der Waals surface area contributed by atoms with Gasteiger partial charge in [0.2, 0.25) is 0 Å². The van der Waals surface area contributed by atoms with E-state index < -0.39 is 0 Å². The van der Waals surface area contributed by atoms with Crippen molar-refractivity contribution >= 4 is 11.8 Å². The lowest BCUT2D eigenvalue weighted by atomic mass is 10.2. The Morgan fingerprint density at radius 2 is 2.00 bits per heavy atom. The number of rotatable bonds is 7. The molecule has 84 valence electrons. The van der Waals surface area contributed by atoms with E-state index in [0.717, 1.165) is 19.6 Å². The van der Waals surface area contributed by atoms with Gasteiger partial charge in [-0.2, -0.15) is 0 Å². The van der Waals surface area contributed by atoms with Gasteiger partial charge in [-0.1, -0.05) is 18.2 Å². The lowest BCUT2D eigenvalue weighted by Crippen LogP contribution is -2.19. The summed E-state index contributed by atoms with van der Waals surface area (Å²) in [7, 11) is 1.99. The summed E-state index contributed by atoms with van der Waals surface area (Å²) in [5.41, 5.74) is 1.40. The molecule has 0 saturated heterocycles. The molecular formula is C12H20N2S. The molecule has 0 unspecified atom stereocenters. The second kappa shape index (κ2) is 7.74. The van der Waals surface area contributed by atoms with Gasteiger partial charge in [-0.3, -0.25) is 0 Å². The SMILES string of the molecule is CNCCCNCc1ccccc1SC. The second-order valence-corrected chi connectivity index (χ2v) is 4.29. The number of hydrogen-bond acceptors (Lipinski definition) is 3. The van der Waals surface area contributed by atoms with Crippen molar-refractivity contribution in [2.45, 2.75) is 17.9 Å². The van der Waals surface area contributed by atoms with Gasteiger partial charge in [-0.15, -0.1) is 11.8 Å². The van der Waals surface area contributed by atoms with E-state index in [-0.39, 0.29) is 0 Å². The van der Waals surface area contributed by atoms with Gasteiger partial charge < -0.3 is 10.6 Å². The van der Waals surface area contributed by atoms with E-state index in [0.29, 0.717) is 0 Å². The van der Waals surface area contributed by atoms with Gasteiger partial charge in [-0.25, -0.2) is 0 Å². The zero-order valence-corrected chi connectivity index (χ0v) is 10.4. The fraction of sp³-hybridized carbons (Fsp3) is 0.500. The first-order valence-corrected chi connectivity index (χ1v) is 6.58. The molecule has 0 radical (unpaired) electrons. The Morgan fingerprint density at radius 3 is 2.73 bits per heavy atom. The number of hydrogen-bond donors (Lipinski definition) is 2. The lowest BCUT2D eigenvalue weighted by molar-refractivity contribution is 0.622. The number of nitrogens with one attached hydrogen (secondary N) is 2. The van der Waals surface area contributed by atoms with E-state index in [1.807, 2.05) is 18.8 Å². The maximum atomic E-state index is 3.46. The summed E-state index contributed by atoms with van der Waals surface area (Å²) < 4.78 is 0. The highest BCUT2D eigenvalue weighted by atomic mass is 32.2. The van der Waals surface area contributed by atoms with Crippen LogP contribution in [-0.2, 0) is 6.54 Å². The summed E-state index contributed by atoms with van der Waals surface area (Å²) in [5, 5.41) is 6.60. The Bertz CT molecular complexity index is 276. The molecule has 0 aliphatic rings. The predicted molar refractivity (Wildman–Crippen MR) is 68.5 cm³/mol. The maximum absolute atomic E-state index is 3.46. The van der Waals surface area contributed by atoms with Crippen molar-refractivity contribution < 1.29 is 0 Å². The fourth-order valence-electron chi connectivity index (χ4n) is 1.46. The highest BCUT2D eigenvalue weighted by Crippen LogP contribution is 2.19. The molecule has 2 N–H and O–H groups in total. The summed E-state index contributed by atoms with van der Waals surface area (Å²) in [5.74, 6) is 0. The molecule has 0 amide bonds. The van der Waals surface area contributed by atoms with Gasteiger partial charge in [0.05, 0.1) is 0 Å². The third-order valence-corrected chi connectivity index (χ3v) is 3.13. The van der Waals surface area contributed by atoms with Crippen molar-refractivity contribution in [3.63, 3.8) is 0 Å². The molecule has 1 aromatic carbocycles. The monoisotopic (exact) mass is 224 g/mol. The van der Waals surface area contributed by atoms with Crippen molar-refractivity contribution in [3.8, 4) is 0 Å². The molecule has 0 heterocycles. The van der Waals surface area contributed by atoms with Crippen LogP contribution >= 0.6 is 11.8 Å². The highest BCUT2D eigenvalue weighted by Gasteiger charge is 1.98. The third-order valence-electron chi connectivity index (χ3n) is 2.29. The Kier molecular flexibility index (Phi) is 6.48. The summed E-state index contributed by atoms with van der Waals surface area (Å²) in [6.45, 7) is 3.13. The average molecular weight is 224 g/mol. The Labute approximate surface area is 96.8 Å². The van der Waals surface area contributed by atoms with E-state index in [4.69, 9.17) is 0 Å². The van der Waals surface area contributed by atoms with Crippen LogP contribution in [0.25, 0.3) is 0 Å². The predicted octanol–water partition coefficient (Wildman–Crippen LogP) is 2.11. The first-order valence-electron chi connectivity index (χ1n) is 5.35. The summed E-state index contributed by atoms with van der Waals surface area (Å²) in [4.78, 5) is 1.37. The van der Waals surface area contributed by atoms with E-state index in [2.05, 4.69) is 41.2 Å². The second-order valence-electron chi connectivity index (χ2n) is 3.45. The average Bonchev–Trinajstić information content (AvgIpc) is 2.29. The van der Waals surface area contributed by atoms with Gasteiger partial charge in [0.1, 0.15) is 0 Å². The van der Waals surface area contributed by atoms with E-state index in [9.17, 15) is 0 Å². The third kappa shape index (κ3) is 4.69. The van der Waals surface area contributed by atoms with E-state index >= 15 is 0 Å². The molecule has 0 fully saturated rings. The van der Waals surface area contributed by atoms with Crippen molar-refractivity contribution in [1.82, 2.24) is 10.6 Å². The minimum atomic E-state index is 0.973. The van der Waals surface area contributed by atoms with Crippen molar-refractivity contribution in [1.29, 1.82) is 0 Å². The standard InChI is InChI=1S/C12H20N2S/c1-13-8-5-9-14-10-11-6-3-4-7-12(11)15-2/h3-4,6-7,13-14H,5,8-10H2,1-2H3. The minimum absolute atomic E-state index is 0.973.